The Morgan fingerprint density at radius 3 is 2.47 bits per heavy atom. The molecule has 1 aliphatic rings. The summed E-state index contributed by atoms with van der Waals surface area (Å²) >= 11 is 0. The fraction of sp³-hybridized carbons (Fsp3) is 0.345. The number of aromatic amines is 1. The number of hydrogen-bond acceptors (Lipinski definition) is 4. The molecule has 1 saturated heterocycles. The van der Waals surface area contributed by atoms with E-state index in [4.69, 9.17) is 9.47 Å². The molecule has 0 radical (unpaired) electrons. The molecule has 0 aliphatic carbocycles. The largest absolute Gasteiger partial charge is 0.493 e. The third-order valence-electron chi connectivity index (χ3n) is 7.00. The Balaban J connectivity index is 1.60. The lowest BCUT2D eigenvalue weighted by atomic mass is 9.93. The average molecular weight is 456 g/mol. The lowest BCUT2D eigenvalue weighted by molar-refractivity contribution is 0.355. The molecule has 176 valence electrons. The standard InChI is InChI=1S/C29H33N3O2/c1-19(2)28-23-18-22(32-16-6-5-7-25(32)20-12-14-30-15-13-20)9-10-24(23)31-29(28)21-8-11-26(33-3)27(17-21)34-4/h8-15,17-19,25,31H,5-7,16H2,1-4H3. The van der Waals surface area contributed by atoms with Crippen LogP contribution in [0.1, 0.15) is 56.2 Å². The van der Waals surface area contributed by atoms with Crippen molar-refractivity contribution < 1.29 is 9.47 Å². The van der Waals surface area contributed by atoms with E-state index >= 15 is 0 Å². The summed E-state index contributed by atoms with van der Waals surface area (Å²) in [5.74, 6) is 1.84. The smallest absolute Gasteiger partial charge is 0.161 e. The molecule has 1 atom stereocenters. The highest BCUT2D eigenvalue weighted by Crippen LogP contribution is 2.41. The molecule has 0 saturated carbocycles. The highest BCUT2D eigenvalue weighted by Gasteiger charge is 2.25. The van der Waals surface area contributed by atoms with Crippen LogP contribution in [0.15, 0.2) is 60.9 Å². The number of nitrogens with zero attached hydrogens (tertiary/aromatic N) is 2. The van der Waals surface area contributed by atoms with Gasteiger partial charge in [-0.1, -0.05) is 13.8 Å². The summed E-state index contributed by atoms with van der Waals surface area (Å²) in [6.07, 6.45) is 7.47. The van der Waals surface area contributed by atoms with Gasteiger partial charge < -0.3 is 19.4 Å². The van der Waals surface area contributed by atoms with Crippen LogP contribution in [0.5, 0.6) is 11.5 Å². The van der Waals surface area contributed by atoms with Gasteiger partial charge in [-0.05, 0) is 84.8 Å². The Hall–Kier alpha value is -3.47. The summed E-state index contributed by atoms with van der Waals surface area (Å²) in [6.45, 7) is 5.60. The first-order valence-electron chi connectivity index (χ1n) is 12.1. The van der Waals surface area contributed by atoms with Gasteiger partial charge in [-0.2, -0.15) is 0 Å². The first-order chi connectivity index (χ1) is 16.6. The van der Waals surface area contributed by atoms with Crippen molar-refractivity contribution >= 4 is 16.6 Å². The first kappa shape index (κ1) is 22.3. The van der Waals surface area contributed by atoms with E-state index in [0.717, 1.165) is 34.8 Å². The van der Waals surface area contributed by atoms with Crippen molar-refractivity contribution in [1.29, 1.82) is 0 Å². The minimum atomic E-state index is 0.365. The normalized spacial score (nSPS) is 16.3. The van der Waals surface area contributed by atoms with E-state index in [1.54, 1.807) is 14.2 Å². The molecule has 4 aromatic rings. The number of H-pyrrole nitrogens is 1. The van der Waals surface area contributed by atoms with Crippen LogP contribution in [0.3, 0.4) is 0 Å². The fourth-order valence-electron chi connectivity index (χ4n) is 5.37. The maximum absolute atomic E-state index is 5.58. The molecule has 1 fully saturated rings. The van der Waals surface area contributed by atoms with Crippen molar-refractivity contribution in [3.63, 3.8) is 0 Å². The monoisotopic (exact) mass is 455 g/mol. The quantitative estimate of drug-likeness (QED) is 0.337. The Labute approximate surface area is 201 Å². The number of aromatic nitrogens is 2. The number of ether oxygens (including phenoxy) is 2. The lowest BCUT2D eigenvalue weighted by Crippen LogP contribution is -2.33. The molecule has 1 aliphatic heterocycles. The molecule has 5 nitrogen and oxygen atoms in total. The van der Waals surface area contributed by atoms with Crippen molar-refractivity contribution in [3.05, 3.63) is 72.1 Å². The van der Waals surface area contributed by atoms with E-state index in [2.05, 4.69) is 71.2 Å². The summed E-state index contributed by atoms with van der Waals surface area (Å²) < 4.78 is 11.0. The van der Waals surface area contributed by atoms with Gasteiger partial charge in [-0.15, -0.1) is 0 Å². The summed E-state index contributed by atoms with van der Waals surface area (Å²) in [5.41, 5.74) is 7.38. The molecule has 0 amide bonds. The molecule has 3 heterocycles. The Kier molecular flexibility index (Phi) is 6.18. The second-order valence-electron chi connectivity index (χ2n) is 9.35. The van der Waals surface area contributed by atoms with Gasteiger partial charge in [0.1, 0.15) is 0 Å². The van der Waals surface area contributed by atoms with Crippen molar-refractivity contribution in [1.82, 2.24) is 9.97 Å². The van der Waals surface area contributed by atoms with Crippen LogP contribution in [0.25, 0.3) is 22.2 Å². The first-order valence-corrected chi connectivity index (χ1v) is 12.1. The predicted molar refractivity (Wildman–Crippen MR) is 139 cm³/mol. The van der Waals surface area contributed by atoms with Gasteiger partial charge in [0.2, 0.25) is 0 Å². The van der Waals surface area contributed by atoms with Crippen molar-refractivity contribution in [2.45, 2.75) is 45.1 Å². The molecule has 2 aromatic heterocycles. The summed E-state index contributed by atoms with van der Waals surface area (Å²) in [4.78, 5) is 10.5. The third kappa shape index (κ3) is 4.00. The zero-order valence-corrected chi connectivity index (χ0v) is 20.5. The number of nitrogens with one attached hydrogen (secondary N) is 1. The molecule has 0 spiro atoms. The molecule has 2 aromatic carbocycles. The van der Waals surface area contributed by atoms with E-state index in [1.807, 2.05) is 18.5 Å². The van der Waals surface area contributed by atoms with Crippen LogP contribution in [-0.4, -0.2) is 30.7 Å². The van der Waals surface area contributed by atoms with E-state index in [0.29, 0.717) is 12.0 Å². The maximum atomic E-state index is 5.58. The number of benzene rings is 2. The Morgan fingerprint density at radius 1 is 0.941 bits per heavy atom. The molecular weight excluding hydrogens is 422 g/mol. The van der Waals surface area contributed by atoms with Crippen LogP contribution in [0.2, 0.25) is 0 Å². The van der Waals surface area contributed by atoms with Gasteiger partial charge in [-0.3, -0.25) is 4.98 Å². The van der Waals surface area contributed by atoms with Crippen LogP contribution in [0, 0.1) is 0 Å². The van der Waals surface area contributed by atoms with Crippen molar-refractivity contribution in [2.24, 2.45) is 0 Å². The minimum absolute atomic E-state index is 0.365. The Bertz CT molecular complexity index is 1280. The van der Waals surface area contributed by atoms with Gasteiger partial charge in [0, 0.05) is 41.1 Å². The predicted octanol–water partition coefficient (Wildman–Crippen LogP) is 7.10. The van der Waals surface area contributed by atoms with Crippen LogP contribution in [0.4, 0.5) is 5.69 Å². The zero-order chi connectivity index (χ0) is 23.7. The number of rotatable bonds is 6. The van der Waals surface area contributed by atoms with E-state index < -0.39 is 0 Å². The topological polar surface area (TPSA) is 50.4 Å². The molecule has 5 rings (SSSR count). The van der Waals surface area contributed by atoms with Gasteiger partial charge in [0.05, 0.1) is 26.0 Å². The number of hydrogen-bond donors (Lipinski definition) is 1. The molecule has 5 heteroatoms. The van der Waals surface area contributed by atoms with E-state index in [9.17, 15) is 0 Å². The second-order valence-corrected chi connectivity index (χ2v) is 9.35. The summed E-state index contributed by atoms with van der Waals surface area (Å²) in [6, 6.07) is 17.7. The highest BCUT2D eigenvalue weighted by molar-refractivity contribution is 5.94. The van der Waals surface area contributed by atoms with Crippen LogP contribution < -0.4 is 14.4 Å². The van der Waals surface area contributed by atoms with Gasteiger partial charge in [0.15, 0.2) is 11.5 Å². The average Bonchev–Trinajstić information content (AvgIpc) is 3.28. The van der Waals surface area contributed by atoms with E-state index in [1.165, 1.54) is 41.5 Å². The van der Waals surface area contributed by atoms with Crippen molar-refractivity contribution in [3.8, 4) is 22.8 Å². The number of pyridine rings is 1. The lowest BCUT2D eigenvalue weighted by Gasteiger charge is -2.38. The fourth-order valence-corrected chi connectivity index (χ4v) is 5.37. The Morgan fingerprint density at radius 2 is 1.74 bits per heavy atom. The summed E-state index contributed by atoms with van der Waals surface area (Å²) in [7, 11) is 3.35. The molecule has 34 heavy (non-hydrogen) atoms. The van der Waals surface area contributed by atoms with Gasteiger partial charge in [-0.25, -0.2) is 0 Å². The molecule has 1 N–H and O–H groups in total. The van der Waals surface area contributed by atoms with Crippen LogP contribution >= 0.6 is 0 Å². The number of methoxy groups -OCH3 is 2. The zero-order valence-electron chi connectivity index (χ0n) is 20.5. The number of fused-ring (bicyclic) bond motifs is 1. The summed E-state index contributed by atoms with van der Waals surface area (Å²) in [5, 5.41) is 1.29. The highest BCUT2D eigenvalue weighted by atomic mass is 16.5. The number of anilines is 1. The van der Waals surface area contributed by atoms with E-state index in [-0.39, 0.29) is 0 Å². The molecule has 0 bridgehead atoms. The second kappa shape index (κ2) is 9.41. The van der Waals surface area contributed by atoms with Gasteiger partial charge >= 0.3 is 0 Å². The third-order valence-corrected chi connectivity index (χ3v) is 7.00. The maximum Gasteiger partial charge on any atom is 0.161 e. The number of piperidine rings is 1. The minimum Gasteiger partial charge on any atom is -0.493 e. The van der Waals surface area contributed by atoms with Crippen molar-refractivity contribution in [2.75, 3.05) is 25.7 Å². The molecule has 1 unspecified atom stereocenters. The van der Waals surface area contributed by atoms with Crippen LogP contribution in [-0.2, 0) is 0 Å². The van der Waals surface area contributed by atoms with Gasteiger partial charge in [0.25, 0.3) is 0 Å². The molecular formula is C29H33N3O2. The SMILES string of the molecule is COc1ccc(-c2[nH]c3ccc(N4CCCCC4c4ccncc4)cc3c2C(C)C)cc1OC.